The van der Waals surface area contributed by atoms with Crippen LogP contribution in [0.2, 0.25) is 0 Å². The zero-order chi connectivity index (χ0) is 9.28. The number of hydrogen-bond acceptors (Lipinski definition) is 4. The molecule has 0 aromatic rings. The van der Waals surface area contributed by atoms with Crippen LogP contribution in [0.15, 0.2) is 0 Å². The topological polar surface area (TPSA) is 61.6 Å². The van der Waals surface area contributed by atoms with Crippen molar-refractivity contribution in [3.8, 4) is 0 Å². The maximum Gasteiger partial charge on any atom is 0.154 e. The average molecular weight is 163 g/mol. The maximum absolute atomic E-state index is 9.38. The molecule has 0 saturated carbocycles. The Bertz CT molecular complexity index is 81.8. The van der Waals surface area contributed by atoms with E-state index in [1.807, 2.05) is 6.92 Å². The van der Waals surface area contributed by atoms with Gasteiger partial charge in [-0.3, -0.25) is 0 Å². The maximum atomic E-state index is 9.38. The predicted octanol–water partition coefficient (Wildman–Crippen LogP) is 0.158. The van der Waals surface area contributed by atoms with Gasteiger partial charge in [0.1, 0.15) is 6.29 Å². The first-order valence-electron chi connectivity index (χ1n) is 3.34. The fourth-order valence-electron chi connectivity index (χ4n) is 0.0962. The number of carbonyl (C=O) groups excluding carboxylic acids is 1. The summed E-state index contributed by atoms with van der Waals surface area (Å²) in [5, 5.41) is 0. The van der Waals surface area contributed by atoms with E-state index in [9.17, 15) is 4.79 Å². The number of ether oxygens (including phenoxy) is 2. The van der Waals surface area contributed by atoms with Gasteiger partial charge < -0.3 is 20.0 Å². The second-order valence-electron chi connectivity index (χ2n) is 2.03. The zero-order valence-corrected chi connectivity index (χ0v) is 7.53. The van der Waals surface area contributed by atoms with E-state index in [1.54, 1.807) is 21.1 Å². The van der Waals surface area contributed by atoms with E-state index >= 15 is 0 Å². The molecule has 4 nitrogen and oxygen atoms in total. The van der Waals surface area contributed by atoms with Crippen LogP contribution in [0.4, 0.5) is 0 Å². The summed E-state index contributed by atoms with van der Waals surface area (Å²) in [5.74, 6) is 0. The van der Waals surface area contributed by atoms with Crippen LogP contribution in [-0.2, 0) is 14.3 Å². The van der Waals surface area contributed by atoms with E-state index in [4.69, 9.17) is 5.73 Å². The van der Waals surface area contributed by atoms with Crippen molar-refractivity contribution in [3.63, 3.8) is 0 Å². The molecule has 0 aliphatic rings. The summed E-state index contributed by atoms with van der Waals surface area (Å²) in [5.41, 5.74) is 4.92. The van der Waals surface area contributed by atoms with Gasteiger partial charge in [-0.05, 0) is 13.8 Å². The molecule has 0 aliphatic heterocycles. The van der Waals surface area contributed by atoms with Crippen LogP contribution in [0, 0.1) is 0 Å². The third kappa shape index (κ3) is 17.7. The van der Waals surface area contributed by atoms with Crippen molar-refractivity contribution in [3.05, 3.63) is 0 Å². The molecule has 0 bridgehead atoms. The highest BCUT2D eigenvalue weighted by Gasteiger charge is 1.87. The van der Waals surface area contributed by atoms with Gasteiger partial charge in [0, 0.05) is 14.2 Å². The predicted molar refractivity (Wildman–Crippen MR) is 43.2 cm³/mol. The molecule has 0 heterocycles. The Hall–Kier alpha value is -0.450. The normalized spacial score (nSPS) is 11.8. The molecular formula is C7H17NO3. The molecule has 0 rings (SSSR count). The molecule has 0 spiro atoms. The molecule has 0 aromatic heterocycles. The first kappa shape index (κ1) is 13.2. The van der Waals surface area contributed by atoms with Crippen LogP contribution >= 0.6 is 0 Å². The summed E-state index contributed by atoms with van der Waals surface area (Å²) in [6, 6.07) is -0.296. The minimum absolute atomic E-state index is 0.0648. The highest BCUT2D eigenvalue weighted by molar-refractivity contribution is 5.55. The van der Waals surface area contributed by atoms with Gasteiger partial charge in [0.2, 0.25) is 0 Å². The number of methoxy groups -OCH3 is 2. The lowest BCUT2D eigenvalue weighted by atomic mass is 10.4. The lowest BCUT2D eigenvalue weighted by molar-refractivity contribution is -0.108. The Morgan fingerprint density at radius 2 is 1.55 bits per heavy atom. The summed E-state index contributed by atoms with van der Waals surface area (Å²) in [7, 11) is 3.21. The fraction of sp³-hybridized carbons (Fsp3) is 0.857. The molecule has 11 heavy (non-hydrogen) atoms. The second kappa shape index (κ2) is 9.55. The Balaban J connectivity index is 0. The first-order chi connectivity index (χ1) is 5.08. The van der Waals surface area contributed by atoms with E-state index in [1.165, 1.54) is 0 Å². The second-order valence-corrected chi connectivity index (χ2v) is 2.03. The molecule has 0 amide bonds. The Labute approximate surface area is 67.7 Å². The number of rotatable bonds is 3. The number of hydrogen-bond donors (Lipinski definition) is 1. The zero-order valence-electron chi connectivity index (χ0n) is 7.53. The minimum atomic E-state index is -0.296. The van der Waals surface area contributed by atoms with Gasteiger partial charge in [-0.15, -0.1) is 0 Å². The molecule has 0 aromatic carbocycles. The van der Waals surface area contributed by atoms with E-state index in [2.05, 4.69) is 9.47 Å². The molecule has 0 saturated heterocycles. The largest absolute Gasteiger partial charge is 0.356 e. The molecule has 1 atom stereocenters. The van der Waals surface area contributed by atoms with Gasteiger partial charge in [-0.2, -0.15) is 0 Å². The molecular weight excluding hydrogens is 146 g/mol. The van der Waals surface area contributed by atoms with E-state index in [0.717, 1.165) is 0 Å². The van der Waals surface area contributed by atoms with Crippen molar-refractivity contribution in [2.45, 2.75) is 26.2 Å². The Kier molecular flexibility index (Phi) is 11.4. The fourth-order valence-corrected chi connectivity index (χ4v) is 0.0962. The Morgan fingerprint density at radius 1 is 1.27 bits per heavy atom. The third-order valence-electron chi connectivity index (χ3n) is 0.879. The molecule has 0 radical (unpaired) electrons. The molecule has 1 unspecified atom stereocenters. The van der Waals surface area contributed by atoms with Crippen LogP contribution in [0.25, 0.3) is 0 Å². The summed E-state index contributed by atoms with van der Waals surface area (Å²) < 4.78 is 9.35. The standard InChI is InChI=1S/C4H10O2.C3H7NO/c1-4(5-2)6-3;1-3(4)2-5/h4H,1-3H3;2-3H,4H2,1H3. The quantitative estimate of drug-likeness (QED) is 0.475. The lowest BCUT2D eigenvalue weighted by Gasteiger charge is -2.03. The van der Waals surface area contributed by atoms with Crippen LogP contribution in [0.3, 0.4) is 0 Å². The summed E-state index contributed by atoms with van der Waals surface area (Å²) in [4.78, 5) is 9.38. The summed E-state index contributed by atoms with van der Waals surface area (Å²) in [6.45, 7) is 3.47. The van der Waals surface area contributed by atoms with Crippen LogP contribution in [0.5, 0.6) is 0 Å². The lowest BCUT2D eigenvalue weighted by Crippen LogP contribution is -2.15. The molecule has 0 fully saturated rings. The van der Waals surface area contributed by atoms with Crippen molar-refractivity contribution in [2.24, 2.45) is 5.73 Å². The smallest absolute Gasteiger partial charge is 0.154 e. The van der Waals surface area contributed by atoms with Gasteiger partial charge in [-0.1, -0.05) is 0 Å². The van der Waals surface area contributed by atoms with E-state index in [-0.39, 0.29) is 12.3 Å². The third-order valence-corrected chi connectivity index (χ3v) is 0.879. The highest BCUT2D eigenvalue weighted by atomic mass is 16.7. The van der Waals surface area contributed by atoms with Crippen molar-refractivity contribution >= 4 is 6.29 Å². The summed E-state index contributed by atoms with van der Waals surface area (Å²) in [6.07, 6.45) is 0.630. The van der Waals surface area contributed by atoms with Gasteiger partial charge in [0.05, 0.1) is 6.04 Å². The monoisotopic (exact) mass is 163 g/mol. The van der Waals surface area contributed by atoms with Crippen molar-refractivity contribution in [1.29, 1.82) is 0 Å². The SMILES string of the molecule is CC(N)C=O.COC(C)OC. The highest BCUT2D eigenvalue weighted by Crippen LogP contribution is 1.82. The Morgan fingerprint density at radius 3 is 1.55 bits per heavy atom. The molecule has 4 heteroatoms. The first-order valence-corrected chi connectivity index (χ1v) is 3.34. The number of nitrogens with two attached hydrogens (primary N) is 1. The van der Waals surface area contributed by atoms with Crippen molar-refractivity contribution in [1.82, 2.24) is 0 Å². The van der Waals surface area contributed by atoms with Crippen molar-refractivity contribution < 1.29 is 14.3 Å². The van der Waals surface area contributed by atoms with Crippen LogP contribution in [-0.4, -0.2) is 32.8 Å². The van der Waals surface area contributed by atoms with Gasteiger partial charge in [0.25, 0.3) is 0 Å². The van der Waals surface area contributed by atoms with Crippen LogP contribution in [0.1, 0.15) is 13.8 Å². The van der Waals surface area contributed by atoms with Gasteiger partial charge in [-0.25, -0.2) is 0 Å². The van der Waals surface area contributed by atoms with Gasteiger partial charge in [0.15, 0.2) is 6.29 Å². The van der Waals surface area contributed by atoms with Crippen LogP contribution < -0.4 is 5.73 Å². The summed E-state index contributed by atoms with van der Waals surface area (Å²) >= 11 is 0. The van der Waals surface area contributed by atoms with E-state index in [0.29, 0.717) is 6.29 Å². The average Bonchev–Trinajstić information content (AvgIpc) is 2.04. The minimum Gasteiger partial charge on any atom is -0.356 e. The van der Waals surface area contributed by atoms with Gasteiger partial charge >= 0.3 is 0 Å². The molecule has 0 aliphatic carbocycles. The van der Waals surface area contributed by atoms with E-state index < -0.39 is 0 Å². The molecule has 68 valence electrons. The van der Waals surface area contributed by atoms with Crippen molar-refractivity contribution in [2.75, 3.05) is 14.2 Å². The number of carbonyl (C=O) groups is 1. The number of aldehydes is 1. The molecule has 2 N–H and O–H groups in total.